The summed E-state index contributed by atoms with van der Waals surface area (Å²) in [4.78, 5) is 28.5. The van der Waals surface area contributed by atoms with E-state index in [1.54, 1.807) is 49.4 Å². The molecule has 202 valence electrons. The van der Waals surface area contributed by atoms with Crippen LogP contribution >= 0.6 is 31.9 Å². The number of amides is 2. The zero-order valence-electron chi connectivity index (χ0n) is 21.7. The Labute approximate surface area is 241 Å². The molecule has 7 nitrogen and oxygen atoms in total. The average molecular weight is 665 g/mol. The Morgan fingerprint density at radius 1 is 0.895 bits per heavy atom. The molecule has 0 fully saturated rings. The van der Waals surface area contributed by atoms with Crippen molar-refractivity contribution in [3.8, 4) is 0 Å². The molecule has 0 radical (unpaired) electrons. The summed E-state index contributed by atoms with van der Waals surface area (Å²) in [5, 5.41) is 2.92. The van der Waals surface area contributed by atoms with Crippen molar-refractivity contribution in [3.05, 3.63) is 93.4 Å². The van der Waals surface area contributed by atoms with Crippen molar-refractivity contribution >= 4 is 59.4 Å². The van der Waals surface area contributed by atoms with Crippen LogP contribution in [0.1, 0.15) is 33.3 Å². The highest BCUT2D eigenvalue weighted by Gasteiger charge is 2.33. The molecule has 0 bridgehead atoms. The lowest BCUT2D eigenvalue weighted by Crippen LogP contribution is -2.54. The number of carbonyl (C=O) groups is 2. The van der Waals surface area contributed by atoms with Crippen LogP contribution in [0.2, 0.25) is 0 Å². The summed E-state index contributed by atoms with van der Waals surface area (Å²) in [6.07, 6.45) is 0. The first kappa shape index (κ1) is 29.9. The minimum Gasteiger partial charge on any atom is -0.350 e. The van der Waals surface area contributed by atoms with Gasteiger partial charge in [-0.2, -0.15) is 0 Å². The molecular formula is C28H31Br2N3O4S. The Morgan fingerprint density at radius 3 is 2.11 bits per heavy atom. The molecule has 0 aliphatic heterocycles. The molecule has 1 N–H and O–H groups in total. The van der Waals surface area contributed by atoms with Gasteiger partial charge in [-0.1, -0.05) is 68.3 Å². The topological polar surface area (TPSA) is 86.8 Å². The molecular weight excluding hydrogens is 634 g/mol. The SMILES string of the molecule is CC(C(=O)NC(C)(C)C)N(Cc1ccc(Br)cc1)C(=O)CN(c1cccc(Br)c1)S(=O)(=O)c1ccccc1. The van der Waals surface area contributed by atoms with Gasteiger partial charge in [-0.3, -0.25) is 13.9 Å². The van der Waals surface area contributed by atoms with E-state index in [-0.39, 0.29) is 17.3 Å². The van der Waals surface area contributed by atoms with Crippen molar-refractivity contribution in [2.45, 2.75) is 50.7 Å². The van der Waals surface area contributed by atoms with Crippen molar-refractivity contribution in [3.63, 3.8) is 0 Å². The maximum Gasteiger partial charge on any atom is 0.264 e. The number of rotatable bonds is 9. The summed E-state index contributed by atoms with van der Waals surface area (Å²) in [7, 11) is -4.09. The Bertz CT molecular complexity index is 1380. The first-order valence-electron chi connectivity index (χ1n) is 12.0. The molecule has 0 aromatic heterocycles. The third kappa shape index (κ3) is 7.91. The monoisotopic (exact) mass is 663 g/mol. The average Bonchev–Trinajstić information content (AvgIpc) is 2.85. The zero-order chi connectivity index (χ0) is 28.1. The van der Waals surface area contributed by atoms with Gasteiger partial charge >= 0.3 is 0 Å². The van der Waals surface area contributed by atoms with E-state index in [1.807, 2.05) is 45.0 Å². The number of hydrogen-bond donors (Lipinski definition) is 1. The molecule has 1 unspecified atom stereocenters. The minimum atomic E-state index is -4.09. The molecule has 10 heteroatoms. The number of hydrogen-bond acceptors (Lipinski definition) is 4. The van der Waals surface area contributed by atoms with Crippen LogP contribution < -0.4 is 9.62 Å². The summed E-state index contributed by atoms with van der Waals surface area (Å²) >= 11 is 6.81. The Morgan fingerprint density at radius 2 is 1.53 bits per heavy atom. The lowest BCUT2D eigenvalue weighted by Gasteiger charge is -2.33. The summed E-state index contributed by atoms with van der Waals surface area (Å²) < 4.78 is 30.1. The third-order valence-electron chi connectivity index (χ3n) is 5.64. The summed E-state index contributed by atoms with van der Waals surface area (Å²) in [5.74, 6) is -0.841. The summed E-state index contributed by atoms with van der Waals surface area (Å²) in [6, 6.07) is 21.3. The van der Waals surface area contributed by atoms with E-state index in [0.29, 0.717) is 10.2 Å². The van der Waals surface area contributed by atoms with Gasteiger partial charge in [-0.05, 0) is 75.7 Å². The number of sulfonamides is 1. The molecule has 3 aromatic rings. The van der Waals surface area contributed by atoms with Gasteiger partial charge in [0.1, 0.15) is 12.6 Å². The molecule has 3 aromatic carbocycles. The number of nitrogens with one attached hydrogen (secondary N) is 1. The molecule has 0 saturated heterocycles. The summed E-state index contributed by atoms with van der Waals surface area (Å²) in [6.45, 7) is 6.87. The van der Waals surface area contributed by atoms with Crippen LogP contribution in [0.4, 0.5) is 5.69 Å². The molecule has 38 heavy (non-hydrogen) atoms. The molecule has 3 rings (SSSR count). The minimum absolute atomic E-state index is 0.0609. The van der Waals surface area contributed by atoms with Gasteiger partial charge in [-0.25, -0.2) is 8.42 Å². The lowest BCUT2D eigenvalue weighted by molar-refractivity contribution is -0.140. The quantitative estimate of drug-likeness (QED) is 0.316. The maximum atomic E-state index is 13.9. The van der Waals surface area contributed by atoms with E-state index < -0.39 is 34.1 Å². The van der Waals surface area contributed by atoms with E-state index in [4.69, 9.17) is 0 Å². The normalized spacial score (nSPS) is 12.5. The number of nitrogens with zero attached hydrogens (tertiary/aromatic N) is 2. The number of benzene rings is 3. The highest BCUT2D eigenvalue weighted by Crippen LogP contribution is 2.27. The van der Waals surface area contributed by atoms with Crippen LogP contribution in [0.25, 0.3) is 0 Å². The predicted octanol–water partition coefficient (Wildman–Crippen LogP) is 5.74. The van der Waals surface area contributed by atoms with Crippen LogP contribution in [0.5, 0.6) is 0 Å². The number of halogens is 2. The van der Waals surface area contributed by atoms with E-state index in [2.05, 4.69) is 37.2 Å². The fourth-order valence-corrected chi connectivity index (χ4v) is 5.80. The van der Waals surface area contributed by atoms with Crippen molar-refractivity contribution in [2.75, 3.05) is 10.8 Å². The van der Waals surface area contributed by atoms with E-state index in [1.165, 1.54) is 17.0 Å². The summed E-state index contributed by atoms with van der Waals surface area (Å²) in [5.41, 5.74) is 0.625. The van der Waals surface area contributed by atoms with Crippen molar-refractivity contribution in [2.24, 2.45) is 0 Å². The second-order valence-electron chi connectivity index (χ2n) is 9.87. The van der Waals surface area contributed by atoms with Gasteiger partial charge < -0.3 is 10.2 Å². The van der Waals surface area contributed by atoms with Crippen molar-refractivity contribution < 1.29 is 18.0 Å². The van der Waals surface area contributed by atoms with Gasteiger partial charge in [0.05, 0.1) is 10.6 Å². The molecule has 0 aliphatic carbocycles. The van der Waals surface area contributed by atoms with Gasteiger partial charge in [0.2, 0.25) is 11.8 Å². The Hall–Kier alpha value is -2.69. The molecule has 0 heterocycles. The third-order valence-corrected chi connectivity index (χ3v) is 8.45. The zero-order valence-corrected chi connectivity index (χ0v) is 25.7. The van der Waals surface area contributed by atoms with Gasteiger partial charge in [0.25, 0.3) is 10.0 Å². The fourth-order valence-electron chi connectivity index (χ4n) is 3.72. The molecule has 1 atom stereocenters. The Kier molecular flexibility index (Phi) is 9.78. The first-order chi connectivity index (χ1) is 17.8. The van der Waals surface area contributed by atoms with Crippen LogP contribution in [0.3, 0.4) is 0 Å². The maximum absolute atomic E-state index is 13.9. The van der Waals surface area contributed by atoms with Crippen LogP contribution in [0.15, 0.2) is 92.7 Å². The molecule has 0 spiro atoms. The van der Waals surface area contributed by atoms with Crippen molar-refractivity contribution in [1.82, 2.24) is 10.2 Å². The van der Waals surface area contributed by atoms with Gasteiger partial charge in [0, 0.05) is 21.0 Å². The number of carbonyl (C=O) groups excluding carboxylic acids is 2. The Balaban J connectivity index is 2.02. The standard InChI is InChI=1S/C28H31Br2N3O4S/c1-20(27(35)31-28(2,3)4)32(18-21-13-15-22(29)16-14-21)26(34)19-33(24-10-8-9-23(30)17-24)38(36,37)25-11-6-5-7-12-25/h5-17,20H,18-19H2,1-4H3,(H,31,35). The van der Waals surface area contributed by atoms with Crippen LogP contribution in [-0.4, -0.2) is 43.3 Å². The van der Waals surface area contributed by atoms with Crippen LogP contribution in [-0.2, 0) is 26.2 Å². The van der Waals surface area contributed by atoms with Crippen LogP contribution in [0, 0.1) is 0 Å². The molecule has 0 saturated carbocycles. The fraction of sp³-hybridized carbons (Fsp3) is 0.286. The highest BCUT2D eigenvalue weighted by atomic mass is 79.9. The second kappa shape index (κ2) is 12.4. The van der Waals surface area contributed by atoms with Gasteiger partial charge in [0.15, 0.2) is 0 Å². The first-order valence-corrected chi connectivity index (χ1v) is 15.0. The smallest absolute Gasteiger partial charge is 0.264 e. The van der Waals surface area contributed by atoms with E-state index >= 15 is 0 Å². The highest BCUT2D eigenvalue weighted by molar-refractivity contribution is 9.10. The lowest BCUT2D eigenvalue weighted by atomic mass is 10.1. The van der Waals surface area contributed by atoms with E-state index in [9.17, 15) is 18.0 Å². The molecule has 0 aliphatic rings. The molecule has 2 amide bonds. The second-order valence-corrected chi connectivity index (χ2v) is 13.6. The van der Waals surface area contributed by atoms with Crippen molar-refractivity contribution in [1.29, 1.82) is 0 Å². The predicted molar refractivity (Wildman–Crippen MR) is 157 cm³/mol. The van der Waals surface area contributed by atoms with E-state index in [0.717, 1.165) is 14.3 Å². The largest absolute Gasteiger partial charge is 0.350 e. The van der Waals surface area contributed by atoms with Gasteiger partial charge in [-0.15, -0.1) is 0 Å². The number of anilines is 1.